The number of benzene rings is 2. The first-order valence-corrected chi connectivity index (χ1v) is 14.3. The van der Waals surface area contributed by atoms with Gasteiger partial charge in [-0.1, -0.05) is 55.7 Å². The molecule has 1 unspecified atom stereocenters. The lowest BCUT2D eigenvalue weighted by atomic mass is 9.80. The van der Waals surface area contributed by atoms with Gasteiger partial charge in [0.15, 0.2) is 0 Å². The molecule has 0 saturated heterocycles. The van der Waals surface area contributed by atoms with Gasteiger partial charge in [0.05, 0.1) is 5.56 Å². The molecule has 1 aromatic heterocycles. The monoisotopic (exact) mass is 560 g/mol. The van der Waals surface area contributed by atoms with E-state index in [9.17, 15) is 18.0 Å². The third kappa shape index (κ3) is 7.26. The van der Waals surface area contributed by atoms with Crippen LogP contribution in [0.2, 0.25) is 0 Å². The predicted octanol–water partition coefficient (Wildman–Crippen LogP) is 8.66. The number of nitrogens with two attached hydrogens (primary N) is 1. The Hall–Kier alpha value is -2.31. The summed E-state index contributed by atoms with van der Waals surface area (Å²) in [4.78, 5) is 13.4. The third-order valence-electron chi connectivity index (χ3n) is 8.83. The van der Waals surface area contributed by atoms with Crippen LogP contribution < -0.4 is 5.73 Å². The van der Waals surface area contributed by atoms with E-state index in [1.165, 1.54) is 44.2 Å². The topological polar surface area (TPSA) is 48.0 Å². The summed E-state index contributed by atoms with van der Waals surface area (Å²) in [6, 6.07) is 13.9. The normalized spacial score (nSPS) is 21.4. The van der Waals surface area contributed by atoms with Crippen molar-refractivity contribution in [1.29, 1.82) is 0 Å². The number of carbonyl (C=O) groups excluding carboxylic acids is 1. The summed E-state index contributed by atoms with van der Waals surface area (Å²) in [7, 11) is 0. The van der Waals surface area contributed by atoms with Gasteiger partial charge >= 0.3 is 6.18 Å². The standard InChI is InChI=1S/C32H39F3N2O.ClH/c33-32(34,35)25-10-6-9-24(18-25)29(19-27(38)17-22-13-15-26(36)16-14-22)30-21-37(20-23-7-2-1-3-8-23)31-12-5-4-11-28(30)31;/h4-6,9-12,18,21-23,26,29H,1-3,7-8,13-17,19-20,36H2;1H. The van der Waals surface area contributed by atoms with Gasteiger partial charge in [-0.05, 0) is 73.6 Å². The number of hydrogen-bond donors (Lipinski definition) is 1. The number of halogens is 4. The molecule has 2 saturated carbocycles. The molecule has 5 rings (SSSR count). The van der Waals surface area contributed by atoms with Gasteiger partial charge in [0.1, 0.15) is 5.78 Å². The molecule has 0 aliphatic heterocycles. The van der Waals surface area contributed by atoms with Gasteiger partial charge in [0.25, 0.3) is 0 Å². The molecule has 3 nitrogen and oxygen atoms in total. The highest BCUT2D eigenvalue weighted by Gasteiger charge is 2.32. The second-order valence-corrected chi connectivity index (χ2v) is 11.7. The first-order valence-electron chi connectivity index (χ1n) is 14.3. The summed E-state index contributed by atoms with van der Waals surface area (Å²) in [6.07, 6.45) is 8.36. The van der Waals surface area contributed by atoms with E-state index in [-0.39, 0.29) is 30.7 Å². The maximum absolute atomic E-state index is 13.7. The number of carbonyl (C=O) groups is 1. The molecule has 2 aromatic carbocycles. The molecule has 0 spiro atoms. The zero-order chi connectivity index (χ0) is 26.7. The van der Waals surface area contributed by atoms with Gasteiger partial charge in [0.2, 0.25) is 0 Å². The van der Waals surface area contributed by atoms with Gasteiger partial charge in [0, 0.05) is 48.4 Å². The van der Waals surface area contributed by atoms with Crippen LogP contribution >= 0.6 is 12.4 Å². The van der Waals surface area contributed by atoms with Crippen molar-refractivity contribution in [1.82, 2.24) is 4.57 Å². The van der Waals surface area contributed by atoms with Crippen LogP contribution in [0.1, 0.15) is 93.2 Å². The van der Waals surface area contributed by atoms with Crippen LogP contribution in [0.25, 0.3) is 10.9 Å². The number of alkyl halides is 3. The van der Waals surface area contributed by atoms with Crippen LogP contribution in [-0.4, -0.2) is 16.4 Å². The average Bonchev–Trinajstić information content (AvgIpc) is 3.27. The van der Waals surface area contributed by atoms with Crippen molar-refractivity contribution in [3.8, 4) is 0 Å². The van der Waals surface area contributed by atoms with Crippen molar-refractivity contribution in [2.75, 3.05) is 0 Å². The van der Waals surface area contributed by atoms with E-state index in [4.69, 9.17) is 5.73 Å². The largest absolute Gasteiger partial charge is 0.416 e. The first kappa shape index (κ1) is 29.7. The molecule has 7 heteroatoms. The van der Waals surface area contributed by atoms with E-state index >= 15 is 0 Å². The van der Waals surface area contributed by atoms with Gasteiger partial charge in [-0.2, -0.15) is 13.2 Å². The maximum Gasteiger partial charge on any atom is 0.416 e. The molecule has 0 amide bonds. The number of aromatic nitrogens is 1. The van der Waals surface area contributed by atoms with Gasteiger partial charge in [-0.25, -0.2) is 0 Å². The van der Waals surface area contributed by atoms with E-state index in [0.717, 1.165) is 54.8 Å². The lowest BCUT2D eigenvalue weighted by Gasteiger charge is -2.26. The molecule has 2 aliphatic carbocycles. The molecule has 39 heavy (non-hydrogen) atoms. The molecule has 1 atom stereocenters. The number of rotatable bonds is 8. The molecule has 1 heterocycles. The maximum atomic E-state index is 13.7. The van der Waals surface area contributed by atoms with Crippen LogP contribution in [0.3, 0.4) is 0 Å². The number of Topliss-reactive ketones (excluding diaryl/α,β-unsaturated/α-hetero) is 1. The number of fused-ring (bicyclic) bond motifs is 1. The van der Waals surface area contributed by atoms with Crippen molar-refractivity contribution in [2.45, 2.75) is 95.3 Å². The average molecular weight is 561 g/mol. The van der Waals surface area contributed by atoms with Crippen molar-refractivity contribution < 1.29 is 18.0 Å². The summed E-state index contributed by atoms with van der Waals surface area (Å²) in [5.74, 6) is 0.626. The lowest BCUT2D eigenvalue weighted by Crippen LogP contribution is -2.27. The van der Waals surface area contributed by atoms with Crippen molar-refractivity contribution in [2.24, 2.45) is 17.6 Å². The molecular weight excluding hydrogens is 521 g/mol. The minimum absolute atomic E-state index is 0. The molecule has 3 aromatic rings. The second-order valence-electron chi connectivity index (χ2n) is 11.7. The summed E-state index contributed by atoms with van der Waals surface area (Å²) in [6.45, 7) is 0.909. The minimum atomic E-state index is -4.43. The zero-order valence-corrected chi connectivity index (χ0v) is 23.3. The van der Waals surface area contributed by atoms with Crippen LogP contribution in [0, 0.1) is 11.8 Å². The highest BCUT2D eigenvalue weighted by Crippen LogP contribution is 2.39. The fourth-order valence-electron chi connectivity index (χ4n) is 6.72. The SMILES string of the molecule is Cl.NC1CCC(CC(=O)CC(c2cccc(C(F)(F)F)c2)c2cn(CC3CCCCC3)c3ccccc23)CC1. The fourth-order valence-corrected chi connectivity index (χ4v) is 6.72. The number of nitrogens with zero attached hydrogens (tertiary/aromatic N) is 1. The second kappa shape index (κ2) is 12.9. The Balaban J connectivity index is 0.00000353. The van der Waals surface area contributed by atoms with Crippen LogP contribution in [0.4, 0.5) is 13.2 Å². The van der Waals surface area contributed by atoms with E-state index in [1.54, 1.807) is 6.07 Å². The van der Waals surface area contributed by atoms with E-state index in [2.05, 4.69) is 22.9 Å². The Morgan fingerprint density at radius 1 is 0.923 bits per heavy atom. The smallest absolute Gasteiger partial charge is 0.347 e. The third-order valence-corrected chi connectivity index (χ3v) is 8.83. The van der Waals surface area contributed by atoms with Crippen molar-refractivity contribution in [3.63, 3.8) is 0 Å². The highest BCUT2D eigenvalue weighted by molar-refractivity contribution is 5.87. The van der Waals surface area contributed by atoms with Gasteiger partial charge < -0.3 is 10.3 Å². The van der Waals surface area contributed by atoms with Crippen LogP contribution in [0.15, 0.2) is 54.7 Å². The predicted molar refractivity (Wildman–Crippen MR) is 153 cm³/mol. The van der Waals surface area contributed by atoms with Gasteiger partial charge in [-0.3, -0.25) is 4.79 Å². The molecule has 212 valence electrons. The number of hydrogen-bond acceptors (Lipinski definition) is 2. The molecule has 2 aliphatic rings. The molecule has 0 bridgehead atoms. The molecule has 0 radical (unpaired) electrons. The first-order chi connectivity index (χ1) is 18.3. The fraction of sp³-hybridized carbons (Fsp3) is 0.531. The Labute approximate surface area is 235 Å². The summed E-state index contributed by atoms with van der Waals surface area (Å²) in [5.41, 5.74) is 7.99. The number of ketones is 1. The summed E-state index contributed by atoms with van der Waals surface area (Å²) in [5, 5.41) is 1.03. The van der Waals surface area contributed by atoms with Gasteiger partial charge in [-0.15, -0.1) is 12.4 Å². The van der Waals surface area contributed by atoms with E-state index in [0.29, 0.717) is 23.8 Å². The van der Waals surface area contributed by atoms with E-state index in [1.807, 2.05) is 12.1 Å². The zero-order valence-electron chi connectivity index (χ0n) is 22.5. The quantitative estimate of drug-likeness (QED) is 0.299. The highest BCUT2D eigenvalue weighted by atomic mass is 35.5. The van der Waals surface area contributed by atoms with Crippen molar-refractivity contribution in [3.05, 3.63) is 71.4 Å². The van der Waals surface area contributed by atoms with Crippen LogP contribution in [-0.2, 0) is 17.5 Å². The lowest BCUT2D eigenvalue weighted by molar-refractivity contribution is -0.137. The number of para-hydroxylation sites is 1. The summed E-state index contributed by atoms with van der Waals surface area (Å²) < 4.78 is 43.3. The van der Waals surface area contributed by atoms with E-state index < -0.39 is 17.7 Å². The van der Waals surface area contributed by atoms with Crippen LogP contribution in [0.5, 0.6) is 0 Å². The summed E-state index contributed by atoms with van der Waals surface area (Å²) >= 11 is 0. The van der Waals surface area contributed by atoms with Crippen molar-refractivity contribution >= 4 is 29.1 Å². The Bertz CT molecular complexity index is 1240. The molecular formula is C32H40ClF3N2O. The Morgan fingerprint density at radius 3 is 2.36 bits per heavy atom. The molecule has 2 fully saturated rings. The molecule has 2 N–H and O–H groups in total. The Kier molecular flexibility index (Phi) is 9.82. The minimum Gasteiger partial charge on any atom is -0.347 e. The Morgan fingerprint density at radius 2 is 1.64 bits per heavy atom.